The van der Waals surface area contributed by atoms with Crippen molar-refractivity contribution in [1.82, 2.24) is 19.9 Å². The van der Waals surface area contributed by atoms with E-state index in [1.54, 1.807) is 25.5 Å². The number of likely N-dealkylation sites (tertiary alicyclic amines) is 1. The van der Waals surface area contributed by atoms with Gasteiger partial charge in [-0.25, -0.2) is 9.97 Å². The second-order valence-electron chi connectivity index (χ2n) is 6.71. The van der Waals surface area contributed by atoms with Crippen LogP contribution in [-0.4, -0.2) is 51.9 Å². The summed E-state index contributed by atoms with van der Waals surface area (Å²) in [5.74, 6) is 2.47. The van der Waals surface area contributed by atoms with Crippen LogP contribution in [0.2, 0.25) is 0 Å². The van der Waals surface area contributed by atoms with Crippen LogP contribution < -0.4 is 4.90 Å². The molecule has 0 aromatic carbocycles. The Morgan fingerprint density at radius 1 is 1.29 bits per heavy atom. The van der Waals surface area contributed by atoms with Crippen molar-refractivity contribution in [1.29, 1.82) is 0 Å². The Morgan fingerprint density at radius 2 is 2.17 bits per heavy atom. The van der Waals surface area contributed by atoms with E-state index in [0.717, 1.165) is 31.7 Å². The minimum absolute atomic E-state index is 0.0171. The minimum Gasteiger partial charge on any atom is -0.448 e. The van der Waals surface area contributed by atoms with Gasteiger partial charge in [0.05, 0.1) is 6.20 Å². The number of carbonyl (C=O) groups is 1. The van der Waals surface area contributed by atoms with Crippen LogP contribution in [-0.2, 0) is 0 Å². The summed E-state index contributed by atoms with van der Waals surface area (Å²) >= 11 is 0. The first-order valence-electron chi connectivity index (χ1n) is 8.33. The van der Waals surface area contributed by atoms with E-state index in [0.29, 0.717) is 29.3 Å². The Bertz CT molecular complexity index is 732. The van der Waals surface area contributed by atoms with E-state index in [9.17, 15) is 4.79 Å². The molecule has 3 atom stereocenters. The molecule has 126 valence electrons. The van der Waals surface area contributed by atoms with Crippen LogP contribution >= 0.6 is 0 Å². The number of nitrogens with zero attached hydrogens (tertiary/aromatic N) is 5. The molecule has 0 bridgehead atoms. The average Bonchev–Trinajstić information content (AvgIpc) is 3.29. The summed E-state index contributed by atoms with van der Waals surface area (Å²) in [6.45, 7) is 3.35. The standard InChI is InChI=1S/C17H21N5O2/c1-11-16(20-10-24-11)17(23)22-8-12-3-4-14(13(12)9-22)21(2)15-7-18-5-6-19-15/h5-7,10,12-14H,3-4,8-9H2,1-2H3/t12-,13+,14-/m1/s1. The molecule has 1 aliphatic carbocycles. The quantitative estimate of drug-likeness (QED) is 0.855. The molecule has 1 saturated carbocycles. The van der Waals surface area contributed by atoms with Crippen LogP contribution in [0.1, 0.15) is 29.1 Å². The largest absolute Gasteiger partial charge is 0.448 e. The van der Waals surface area contributed by atoms with Crippen molar-refractivity contribution in [2.45, 2.75) is 25.8 Å². The van der Waals surface area contributed by atoms with Crippen LogP contribution in [0.3, 0.4) is 0 Å². The number of rotatable bonds is 3. The average molecular weight is 327 g/mol. The molecule has 1 amide bonds. The van der Waals surface area contributed by atoms with E-state index in [2.05, 4.69) is 26.9 Å². The molecule has 2 aromatic rings. The maximum absolute atomic E-state index is 12.7. The lowest BCUT2D eigenvalue weighted by atomic mass is 9.97. The summed E-state index contributed by atoms with van der Waals surface area (Å²) in [7, 11) is 2.07. The number of carbonyl (C=O) groups excluding carboxylic acids is 1. The third kappa shape index (κ3) is 2.44. The fourth-order valence-corrected chi connectivity index (χ4v) is 4.19. The highest BCUT2D eigenvalue weighted by atomic mass is 16.3. The van der Waals surface area contributed by atoms with Gasteiger partial charge < -0.3 is 14.2 Å². The molecule has 0 radical (unpaired) electrons. The van der Waals surface area contributed by atoms with Gasteiger partial charge in [0.15, 0.2) is 12.1 Å². The number of amides is 1. The van der Waals surface area contributed by atoms with E-state index in [1.165, 1.54) is 6.39 Å². The normalized spacial score (nSPS) is 25.8. The molecular formula is C17H21N5O2. The zero-order valence-corrected chi connectivity index (χ0v) is 13.9. The third-order valence-electron chi connectivity index (χ3n) is 5.46. The monoisotopic (exact) mass is 327 g/mol. The van der Waals surface area contributed by atoms with Crippen LogP contribution in [0.5, 0.6) is 0 Å². The molecule has 7 nitrogen and oxygen atoms in total. The lowest BCUT2D eigenvalue weighted by Gasteiger charge is -2.30. The lowest BCUT2D eigenvalue weighted by Crippen LogP contribution is -2.39. The molecular weight excluding hydrogens is 306 g/mol. The van der Waals surface area contributed by atoms with Gasteiger partial charge >= 0.3 is 0 Å². The maximum atomic E-state index is 12.7. The Hall–Kier alpha value is -2.44. The van der Waals surface area contributed by atoms with Crippen LogP contribution in [0.25, 0.3) is 0 Å². The highest BCUT2D eigenvalue weighted by molar-refractivity contribution is 5.93. The number of oxazole rings is 1. The van der Waals surface area contributed by atoms with Crippen LogP contribution in [0, 0.1) is 18.8 Å². The number of aromatic nitrogens is 3. The van der Waals surface area contributed by atoms with Crippen molar-refractivity contribution in [3.63, 3.8) is 0 Å². The Labute approximate surface area is 140 Å². The molecule has 0 unspecified atom stereocenters. The topological polar surface area (TPSA) is 75.4 Å². The molecule has 24 heavy (non-hydrogen) atoms. The van der Waals surface area contributed by atoms with Gasteiger partial charge in [0.2, 0.25) is 0 Å². The molecule has 0 N–H and O–H groups in total. The van der Waals surface area contributed by atoms with E-state index in [1.807, 2.05) is 4.90 Å². The molecule has 1 aliphatic heterocycles. The Balaban J connectivity index is 1.49. The summed E-state index contributed by atoms with van der Waals surface area (Å²) in [6.07, 6.45) is 8.81. The number of hydrogen-bond donors (Lipinski definition) is 0. The first-order chi connectivity index (χ1) is 11.6. The van der Waals surface area contributed by atoms with Gasteiger partial charge in [-0.2, -0.15) is 0 Å². The Morgan fingerprint density at radius 3 is 2.88 bits per heavy atom. The van der Waals surface area contributed by atoms with Crippen molar-refractivity contribution in [2.24, 2.45) is 11.8 Å². The maximum Gasteiger partial charge on any atom is 0.276 e. The zero-order valence-electron chi connectivity index (χ0n) is 13.9. The van der Waals surface area contributed by atoms with E-state index in [4.69, 9.17) is 4.42 Å². The summed E-state index contributed by atoms with van der Waals surface area (Å²) in [5.41, 5.74) is 0.439. The number of fused-ring (bicyclic) bond motifs is 1. The molecule has 7 heteroatoms. The van der Waals surface area contributed by atoms with E-state index < -0.39 is 0 Å². The summed E-state index contributed by atoms with van der Waals surface area (Å²) < 4.78 is 5.17. The minimum atomic E-state index is -0.0171. The highest BCUT2D eigenvalue weighted by Crippen LogP contribution is 2.41. The van der Waals surface area contributed by atoms with Crippen molar-refractivity contribution in [2.75, 3.05) is 25.0 Å². The first-order valence-corrected chi connectivity index (χ1v) is 8.33. The molecule has 1 saturated heterocycles. The SMILES string of the molecule is Cc1ocnc1C(=O)N1C[C@H]2CC[C@@H](N(C)c3cnccn3)[C@H]2C1. The summed E-state index contributed by atoms with van der Waals surface area (Å²) in [6, 6.07) is 0.392. The van der Waals surface area contributed by atoms with Crippen molar-refractivity contribution < 1.29 is 9.21 Å². The second-order valence-corrected chi connectivity index (χ2v) is 6.71. The number of aryl methyl sites for hydroxylation is 1. The van der Waals surface area contributed by atoms with Gasteiger partial charge in [-0.1, -0.05) is 0 Å². The molecule has 0 spiro atoms. The third-order valence-corrected chi connectivity index (χ3v) is 5.46. The molecule has 2 fully saturated rings. The highest BCUT2D eigenvalue weighted by Gasteiger charge is 2.46. The zero-order chi connectivity index (χ0) is 16.7. The van der Waals surface area contributed by atoms with E-state index >= 15 is 0 Å². The van der Waals surface area contributed by atoms with Gasteiger partial charge in [-0.05, 0) is 25.7 Å². The van der Waals surface area contributed by atoms with Crippen LogP contribution in [0.15, 0.2) is 29.4 Å². The van der Waals surface area contributed by atoms with Gasteiger partial charge in [0, 0.05) is 44.5 Å². The van der Waals surface area contributed by atoms with Gasteiger partial charge in [-0.15, -0.1) is 0 Å². The van der Waals surface area contributed by atoms with Gasteiger partial charge in [-0.3, -0.25) is 9.78 Å². The molecule has 2 aliphatic rings. The van der Waals surface area contributed by atoms with Crippen molar-refractivity contribution >= 4 is 11.7 Å². The smallest absolute Gasteiger partial charge is 0.276 e. The summed E-state index contributed by atoms with van der Waals surface area (Å²) in [5, 5.41) is 0. The molecule has 2 aromatic heterocycles. The van der Waals surface area contributed by atoms with E-state index in [-0.39, 0.29) is 5.91 Å². The number of hydrogen-bond acceptors (Lipinski definition) is 6. The predicted octanol–water partition coefficient (Wildman–Crippen LogP) is 1.76. The lowest BCUT2D eigenvalue weighted by molar-refractivity contribution is 0.0772. The fraction of sp³-hybridized carbons (Fsp3) is 0.529. The summed E-state index contributed by atoms with van der Waals surface area (Å²) in [4.78, 5) is 29.5. The molecule has 3 heterocycles. The van der Waals surface area contributed by atoms with Crippen LogP contribution in [0.4, 0.5) is 5.82 Å². The van der Waals surface area contributed by atoms with Crippen molar-refractivity contribution in [3.05, 3.63) is 36.4 Å². The first kappa shape index (κ1) is 15.1. The molecule has 4 rings (SSSR count). The second kappa shape index (κ2) is 5.89. The van der Waals surface area contributed by atoms with Gasteiger partial charge in [0.1, 0.15) is 11.6 Å². The van der Waals surface area contributed by atoms with Crippen molar-refractivity contribution in [3.8, 4) is 0 Å². The van der Waals surface area contributed by atoms with Gasteiger partial charge in [0.25, 0.3) is 5.91 Å². The Kier molecular flexibility index (Phi) is 3.70. The number of anilines is 1. The predicted molar refractivity (Wildman–Crippen MR) is 87.6 cm³/mol. The fourth-order valence-electron chi connectivity index (χ4n) is 4.19.